The molecule has 0 aromatic heterocycles. The first-order chi connectivity index (χ1) is 15.2. The van der Waals surface area contributed by atoms with Gasteiger partial charge in [0.05, 0.1) is 5.69 Å². The third-order valence-electron chi connectivity index (χ3n) is 5.67. The largest absolute Gasteiger partial charge is 0.489 e. The molecule has 3 atom stereocenters. The standard InChI is InChI=1S/C24H31Cl2N3O3/c1-16-12-29(17(2)11-28(16)13-19-4-6-20(25)7-5-19)14-22(31)15-32-24-10-21(26)8-9-23(24)27-18(3)30/h4-10,16-17,22,31H,11-15H2,1-3H3,(H,27,30). The van der Waals surface area contributed by atoms with Gasteiger partial charge in [0.1, 0.15) is 18.5 Å². The van der Waals surface area contributed by atoms with Crippen LogP contribution in [-0.2, 0) is 11.3 Å². The van der Waals surface area contributed by atoms with Crippen LogP contribution in [0.1, 0.15) is 26.3 Å². The number of aliphatic hydroxyl groups excluding tert-OH is 1. The number of β-amino-alcohol motifs (C(OH)–C–C–N with tert-alkyl or cyclic N) is 1. The summed E-state index contributed by atoms with van der Waals surface area (Å²) in [6.45, 7) is 9.10. The molecule has 0 spiro atoms. The molecule has 1 amide bonds. The Labute approximate surface area is 200 Å². The number of rotatable bonds is 8. The second-order valence-corrected chi connectivity index (χ2v) is 9.37. The van der Waals surface area contributed by atoms with E-state index >= 15 is 0 Å². The van der Waals surface area contributed by atoms with E-state index in [9.17, 15) is 9.90 Å². The van der Waals surface area contributed by atoms with E-state index in [1.807, 2.05) is 12.1 Å². The van der Waals surface area contributed by atoms with Crippen LogP contribution < -0.4 is 10.1 Å². The van der Waals surface area contributed by atoms with Gasteiger partial charge in [0, 0.05) is 61.3 Å². The van der Waals surface area contributed by atoms with Crippen LogP contribution in [0.4, 0.5) is 5.69 Å². The van der Waals surface area contributed by atoms with Gasteiger partial charge in [-0.2, -0.15) is 0 Å². The van der Waals surface area contributed by atoms with Crippen molar-refractivity contribution in [1.82, 2.24) is 9.80 Å². The van der Waals surface area contributed by atoms with Gasteiger partial charge >= 0.3 is 0 Å². The molecule has 6 nitrogen and oxygen atoms in total. The molecule has 0 saturated carbocycles. The van der Waals surface area contributed by atoms with E-state index in [4.69, 9.17) is 27.9 Å². The Morgan fingerprint density at radius 1 is 1.09 bits per heavy atom. The first kappa shape index (κ1) is 24.8. The Bertz CT molecular complexity index is 910. The van der Waals surface area contributed by atoms with Crippen molar-refractivity contribution >= 4 is 34.8 Å². The minimum Gasteiger partial charge on any atom is -0.489 e. The molecular weight excluding hydrogens is 449 g/mol. The van der Waals surface area contributed by atoms with Crippen molar-refractivity contribution in [1.29, 1.82) is 0 Å². The fourth-order valence-corrected chi connectivity index (χ4v) is 4.27. The molecule has 2 aromatic rings. The normalized spacial score (nSPS) is 20.7. The van der Waals surface area contributed by atoms with Crippen molar-refractivity contribution in [2.75, 3.05) is 31.6 Å². The minimum absolute atomic E-state index is 0.110. The molecule has 3 unspecified atom stereocenters. The summed E-state index contributed by atoms with van der Waals surface area (Å²) in [6.07, 6.45) is -0.670. The Morgan fingerprint density at radius 3 is 2.41 bits per heavy atom. The fraction of sp³-hybridized carbons (Fsp3) is 0.458. The van der Waals surface area contributed by atoms with Gasteiger partial charge in [-0.15, -0.1) is 0 Å². The quantitative estimate of drug-likeness (QED) is 0.591. The number of nitrogens with one attached hydrogen (secondary N) is 1. The summed E-state index contributed by atoms with van der Waals surface area (Å²) in [5.41, 5.74) is 1.78. The molecule has 2 aromatic carbocycles. The molecule has 32 heavy (non-hydrogen) atoms. The van der Waals surface area contributed by atoms with Crippen molar-refractivity contribution in [2.24, 2.45) is 0 Å². The molecule has 3 rings (SSSR count). The molecule has 1 heterocycles. The summed E-state index contributed by atoms with van der Waals surface area (Å²) in [4.78, 5) is 16.2. The Hall–Kier alpha value is -1.83. The molecule has 0 radical (unpaired) electrons. The molecule has 174 valence electrons. The van der Waals surface area contributed by atoms with E-state index in [1.54, 1.807) is 18.2 Å². The number of carbonyl (C=O) groups excluding carboxylic acids is 1. The van der Waals surface area contributed by atoms with Crippen molar-refractivity contribution in [3.8, 4) is 5.75 Å². The number of benzene rings is 2. The first-order valence-electron chi connectivity index (χ1n) is 10.8. The molecule has 1 saturated heterocycles. The lowest BCUT2D eigenvalue weighted by Crippen LogP contribution is -2.57. The summed E-state index contributed by atoms with van der Waals surface area (Å²) in [5.74, 6) is 0.248. The highest BCUT2D eigenvalue weighted by molar-refractivity contribution is 6.31. The number of amides is 1. The zero-order valence-corrected chi connectivity index (χ0v) is 20.2. The van der Waals surface area contributed by atoms with Crippen molar-refractivity contribution in [3.05, 3.63) is 58.1 Å². The van der Waals surface area contributed by atoms with Crippen molar-refractivity contribution < 1.29 is 14.6 Å². The second-order valence-electron chi connectivity index (χ2n) is 8.49. The average Bonchev–Trinajstić information content (AvgIpc) is 2.73. The summed E-state index contributed by atoms with van der Waals surface area (Å²) < 4.78 is 5.80. The van der Waals surface area contributed by atoms with E-state index in [2.05, 4.69) is 41.1 Å². The van der Waals surface area contributed by atoms with E-state index in [1.165, 1.54) is 12.5 Å². The fourth-order valence-electron chi connectivity index (χ4n) is 3.99. The maximum Gasteiger partial charge on any atom is 0.221 e. The molecule has 8 heteroatoms. The summed E-state index contributed by atoms with van der Waals surface area (Å²) >= 11 is 12.1. The van der Waals surface area contributed by atoms with Crippen LogP contribution in [0.2, 0.25) is 10.0 Å². The van der Waals surface area contributed by atoms with Crippen LogP contribution in [-0.4, -0.2) is 65.2 Å². The molecule has 1 fully saturated rings. The maximum absolute atomic E-state index is 11.4. The number of anilines is 1. The average molecular weight is 480 g/mol. The third kappa shape index (κ3) is 7.09. The number of carbonyl (C=O) groups is 1. The maximum atomic E-state index is 11.4. The predicted molar refractivity (Wildman–Crippen MR) is 130 cm³/mol. The topological polar surface area (TPSA) is 65.0 Å². The van der Waals surface area contributed by atoms with Gasteiger partial charge in [0.2, 0.25) is 5.91 Å². The zero-order valence-electron chi connectivity index (χ0n) is 18.7. The second kappa shape index (κ2) is 11.3. The Kier molecular flexibility index (Phi) is 8.79. The molecule has 0 aliphatic carbocycles. The summed E-state index contributed by atoms with van der Waals surface area (Å²) in [6, 6.07) is 13.7. The number of halogens is 2. The SMILES string of the molecule is CC(=O)Nc1ccc(Cl)cc1OCC(O)CN1CC(C)N(Cc2ccc(Cl)cc2)CC1C. The number of ether oxygens (including phenoxy) is 1. The van der Waals surface area contributed by atoms with Gasteiger partial charge in [0.25, 0.3) is 0 Å². The number of piperazine rings is 1. The lowest BCUT2D eigenvalue weighted by Gasteiger charge is -2.44. The van der Waals surface area contributed by atoms with E-state index in [0.29, 0.717) is 35.1 Å². The number of aliphatic hydroxyl groups is 1. The van der Waals surface area contributed by atoms with Gasteiger partial charge in [-0.05, 0) is 43.7 Å². The highest BCUT2D eigenvalue weighted by Crippen LogP contribution is 2.28. The lowest BCUT2D eigenvalue weighted by molar-refractivity contribution is -0.114. The minimum atomic E-state index is -0.670. The summed E-state index contributed by atoms with van der Waals surface area (Å²) in [7, 11) is 0. The van der Waals surface area contributed by atoms with E-state index in [0.717, 1.165) is 24.7 Å². The number of hydrogen-bond acceptors (Lipinski definition) is 5. The van der Waals surface area contributed by atoms with Crippen LogP contribution in [0.15, 0.2) is 42.5 Å². The Balaban J connectivity index is 1.52. The van der Waals surface area contributed by atoms with Gasteiger partial charge in [-0.3, -0.25) is 14.6 Å². The smallest absolute Gasteiger partial charge is 0.221 e. The van der Waals surface area contributed by atoms with Crippen LogP contribution >= 0.6 is 23.2 Å². The molecule has 1 aliphatic rings. The van der Waals surface area contributed by atoms with Gasteiger partial charge in [-0.25, -0.2) is 0 Å². The molecular formula is C24H31Cl2N3O3. The predicted octanol–water partition coefficient (Wildman–Crippen LogP) is 4.29. The van der Waals surface area contributed by atoms with Crippen molar-refractivity contribution in [2.45, 2.75) is 45.5 Å². The van der Waals surface area contributed by atoms with Gasteiger partial charge in [-0.1, -0.05) is 35.3 Å². The van der Waals surface area contributed by atoms with E-state index < -0.39 is 6.10 Å². The van der Waals surface area contributed by atoms with Gasteiger partial charge < -0.3 is 15.2 Å². The monoisotopic (exact) mass is 479 g/mol. The van der Waals surface area contributed by atoms with Crippen molar-refractivity contribution in [3.63, 3.8) is 0 Å². The molecule has 1 aliphatic heterocycles. The lowest BCUT2D eigenvalue weighted by atomic mass is 10.1. The van der Waals surface area contributed by atoms with E-state index in [-0.39, 0.29) is 12.5 Å². The molecule has 2 N–H and O–H groups in total. The van der Waals surface area contributed by atoms with Gasteiger partial charge in [0.15, 0.2) is 0 Å². The zero-order chi connectivity index (χ0) is 23.3. The number of nitrogens with zero attached hydrogens (tertiary/aromatic N) is 2. The highest BCUT2D eigenvalue weighted by atomic mass is 35.5. The van der Waals surface area contributed by atoms with Crippen LogP contribution in [0.5, 0.6) is 5.75 Å². The first-order valence-corrected chi connectivity index (χ1v) is 11.6. The third-order valence-corrected chi connectivity index (χ3v) is 6.16. The van der Waals surface area contributed by atoms with Crippen LogP contribution in [0, 0.1) is 0 Å². The van der Waals surface area contributed by atoms with Crippen LogP contribution in [0.3, 0.4) is 0 Å². The number of hydrogen-bond donors (Lipinski definition) is 2. The Morgan fingerprint density at radius 2 is 1.72 bits per heavy atom. The summed E-state index contributed by atoms with van der Waals surface area (Å²) in [5, 5.41) is 14.6. The highest BCUT2D eigenvalue weighted by Gasteiger charge is 2.30. The molecule has 0 bridgehead atoms. The van der Waals surface area contributed by atoms with Crippen LogP contribution in [0.25, 0.3) is 0 Å².